The van der Waals surface area contributed by atoms with Gasteiger partial charge < -0.3 is 15.8 Å². The summed E-state index contributed by atoms with van der Waals surface area (Å²) >= 11 is 3.39. The average Bonchev–Trinajstić information content (AvgIpc) is 2.16. The van der Waals surface area contributed by atoms with Gasteiger partial charge >= 0.3 is 0 Å². The zero-order chi connectivity index (χ0) is 11.5. The van der Waals surface area contributed by atoms with Gasteiger partial charge in [-0.3, -0.25) is 0 Å². The number of ether oxygens (including phenoxy) is 1. The second-order valence-electron chi connectivity index (χ2n) is 3.92. The van der Waals surface area contributed by atoms with Gasteiger partial charge in [0.25, 0.3) is 0 Å². The first-order valence-electron chi connectivity index (χ1n) is 4.64. The molecule has 0 radical (unpaired) electrons. The van der Waals surface area contributed by atoms with Crippen LogP contribution in [-0.2, 0) is 4.74 Å². The Kier molecular flexibility index (Phi) is 3.93. The summed E-state index contributed by atoms with van der Waals surface area (Å²) in [6, 6.07) is 1.81. The highest BCUT2D eigenvalue weighted by atomic mass is 79.9. The van der Waals surface area contributed by atoms with Crippen LogP contribution in [-0.4, -0.2) is 24.2 Å². The van der Waals surface area contributed by atoms with Gasteiger partial charge in [0, 0.05) is 13.7 Å². The molecule has 1 aromatic rings. The molecule has 1 aromatic heterocycles. The van der Waals surface area contributed by atoms with Crippen LogP contribution in [0, 0.1) is 0 Å². The number of halogens is 1. The Morgan fingerprint density at radius 3 is 2.80 bits per heavy atom. The molecule has 1 rings (SSSR count). The van der Waals surface area contributed by atoms with Gasteiger partial charge in [-0.2, -0.15) is 0 Å². The molecule has 0 unspecified atom stereocenters. The summed E-state index contributed by atoms with van der Waals surface area (Å²) < 4.78 is 6.15. The summed E-state index contributed by atoms with van der Waals surface area (Å²) in [5.41, 5.74) is 6.01. The molecule has 0 atom stereocenters. The lowest BCUT2D eigenvalue weighted by molar-refractivity contribution is 0.0343. The second-order valence-corrected chi connectivity index (χ2v) is 4.77. The standard InChI is InChI=1S/C10H16BrN3O/c1-10(2,15-3)6-14-9-8(11)4-7(12)5-13-9/h4-5H,6,12H2,1-3H3,(H,13,14). The van der Waals surface area contributed by atoms with E-state index in [-0.39, 0.29) is 5.60 Å². The Balaban J connectivity index is 2.66. The minimum atomic E-state index is -0.220. The van der Waals surface area contributed by atoms with Crippen molar-refractivity contribution in [2.24, 2.45) is 0 Å². The Bertz CT molecular complexity index is 341. The summed E-state index contributed by atoms with van der Waals surface area (Å²) in [5.74, 6) is 0.773. The predicted molar refractivity (Wildman–Crippen MR) is 65.9 cm³/mol. The van der Waals surface area contributed by atoms with Crippen LogP contribution in [0.5, 0.6) is 0 Å². The Labute approximate surface area is 98.3 Å². The topological polar surface area (TPSA) is 60.2 Å². The molecule has 0 aromatic carbocycles. The molecule has 0 aliphatic carbocycles. The van der Waals surface area contributed by atoms with E-state index in [4.69, 9.17) is 10.5 Å². The van der Waals surface area contributed by atoms with E-state index in [0.717, 1.165) is 10.3 Å². The summed E-state index contributed by atoms with van der Waals surface area (Å²) in [5, 5.41) is 3.19. The van der Waals surface area contributed by atoms with E-state index < -0.39 is 0 Å². The van der Waals surface area contributed by atoms with Crippen molar-refractivity contribution in [3.8, 4) is 0 Å². The number of nitrogens with two attached hydrogens (primary N) is 1. The number of nitrogen functional groups attached to an aromatic ring is 1. The maximum atomic E-state index is 5.59. The van der Waals surface area contributed by atoms with Crippen molar-refractivity contribution < 1.29 is 4.74 Å². The smallest absolute Gasteiger partial charge is 0.140 e. The third-order valence-corrected chi connectivity index (χ3v) is 2.70. The molecule has 4 nitrogen and oxygen atoms in total. The van der Waals surface area contributed by atoms with E-state index in [1.54, 1.807) is 13.3 Å². The molecule has 15 heavy (non-hydrogen) atoms. The lowest BCUT2D eigenvalue weighted by atomic mass is 10.1. The number of anilines is 2. The number of methoxy groups -OCH3 is 1. The van der Waals surface area contributed by atoms with Gasteiger partial charge in [0.05, 0.1) is 22.0 Å². The minimum absolute atomic E-state index is 0.220. The van der Waals surface area contributed by atoms with Gasteiger partial charge in [0.15, 0.2) is 0 Å². The average molecular weight is 274 g/mol. The van der Waals surface area contributed by atoms with Crippen LogP contribution in [0.2, 0.25) is 0 Å². The molecule has 0 saturated carbocycles. The molecule has 0 spiro atoms. The highest BCUT2D eigenvalue weighted by Crippen LogP contribution is 2.22. The van der Waals surface area contributed by atoms with Gasteiger partial charge in [0.1, 0.15) is 5.82 Å². The normalized spacial score (nSPS) is 11.5. The largest absolute Gasteiger partial charge is 0.397 e. The van der Waals surface area contributed by atoms with E-state index in [1.807, 2.05) is 19.9 Å². The number of pyridine rings is 1. The third kappa shape index (κ3) is 3.68. The van der Waals surface area contributed by atoms with Crippen molar-refractivity contribution in [1.29, 1.82) is 0 Å². The van der Waals surface area contributed by atoms with Gasteiger partial charge in [0.2, 0.25) is 0 Å². The van der Waals surface area contributed by atoms with Crippen LogP contribution in [0.4, 0.5) is 11.5 Å². The first kappa shape index (κ1) is 12.3. The van der Waals surface area contributed by atoms with Crippen molar-refractivity contribution in [3.05, 3.63) is 16.7 Å². The molecule has 0 bridgehead atoms. The fraction of sp³-hybridized carbons (Fsp3) is 0.500. The number of rotatable bonds is 4. The number of aromatic nitrogens is 1. The third-order valence-electron chi connectivity index (χ3n) is 2.10. The lowest BCUT2D eigenvalue weighted by Crippen LogP contribution is -2.32. The van der Waals surface area contributed by atoms with Crippen LogP contribution < -0.4 is 11.1 Å². The highest BCUT2D eigenvalue weighted by molar-refractivity contribution is 9.10. The molecular weight excluding hydrogens is 258 g/mol. The Morgan fingerprint density at radius 1 is 1.60 bits per heavy atom. The summed E-state index contributed by atoms with van der Waals surface area (Å²) in [6.45, 7) is 4.69. The van der Waals surface area contributed by atoms with E-state index in [9.17, 15) is 0 Å². The molecule has 0 amide bonds. The highest BCUT2D eigenvalue weighted by Gasteiger charge is 2.16. The number of hydrogen-bond acceptors (Lipinski definition) is 4. The van der Waals surface area contributed by atoms with Crippen molar-refractivity contribution in [3.63, 3.8) is 0 Å². The van der Waals surface area contributed by atoms with Crippen LogP contribution >= 0.6 is 15.9 Å². The molecule has 0 aliphatic rings. The zero-order valence-electron chi connectivity index (χ0n) is 9.17. The lowest BCUT2D eigenvalue weighted by Gasteiger charge is -2.23. The van der Waals surface area contributed by atoms with Crippen LogP contribution in [0.3, 0.4) is 0 Å². The molecule has 1 heterocycles. The predicted octanol–water partition coefficient (Wildman–Crippen LogP) is 2.26. The maximum Gasteiger partial charge on any atom is 0.140 e. The first-order valence-corrected chi connectivity index (χ1v) is 5.44. The first-order chi connectivity index (χ1) is 6.94. The quantitative estimate of drug-likeness (QED) is 0.884. The van der Waals surface area contributed by atoms with E-state index in [1.165, 1.54) is 0 Å². The summed E-state index contributed by atoms with van der Waals surface area (Å²) in [7, 11) is 1.69. The SMILES string of the molecule is COC(C)(C)CNc1ncc(N)cc1Br. The van der Waals surface area contributed by atoms with Crippen molar-refractivity contribution in [2.45, 2.75) is 19.4 Å². The van der Waals surface area contributed by atoms with Crippen LogP contribution in [0.25, 0.3) is 0 Å². The molecule has 0 fully saturated rings. The molecule has 84 valence electrons. The van der Waals surface area contributed by atoms with E-state index in [0.29, 0.717) is 12.2 Å². The zero-order valence-corrected chi connectivity index (χ0v) is 10.8. The van der Waals surface area contributed by atoms with Crippen LogP contribution in [0.1, 0.15) is 13.8 Å². The van der Waals surface area contributed by atoms with Crippen molar-refractivity contribution >= 4 is 27.4 Å². The number of nitrogens with zero attached hydrogens (tertiary/aromatic N) is 1. The maximum absolute atomic E-state index is 5.59. The van der Waals surface area contributed by atoms with Crippen molar-refractivity contribution in [1.82, 2.24) is 4.98 Å². The number of hydrogen-bond donors (Lipinski definition) is 2. The van der Waals surface area contributed by atoms with Gasteiger partial charge in [-0.05, 0) is 35.8 Å². The second kappa shape index (κ2) is 4.81. The fourth-order valence-electron chi connectivity index (χ4n) is 0.952. The van der Waals surface area contributed by atoms with E-state index in [2.05, 4.69) is 26.2 Å². The van der Waals surface area contributed by atoms with Gasteiger partial charge in [-0.1, -0.05) is 0 Å². The summed E-state index contributed by atoms with van der Waals surface area (Å²) in [6.07, 6.45) is 1.62. The molecule has 0 saturated heterocycles. The monoisotopic (exact) mass is 273 g/mol. The van der Waals surface area contributed by atoms with Crippen molar-refractivity contribution in [2.75, 3.05) is 24.7 Å². The fourth-order valence-corrected chi connectivity index (χ4v) is 1.46. The van der Waals surface area contributed by atoms with Crippen LogP contribution in [0.15, 0.2) is 16.7 Å². The molecule has 5 heteroatoms. The van der Waals surface area contributed by atoms with Gasteiger partial charge in [-0.25, -0.2) is 4.98 Å². The minimum Gasteiger partial charge on any atom is -0.397 e. The van der Waals surface area contributed by atoms with E-state index >= 15 is 0 Å². The Hall–Kier alpha value is -0.810. The summed E-state index contributed by atoms with van der Waals surface area (Å²) in [4.78, 5) is 4.18. The Morgan fingerprint density at radius 2 is 2.27 bits per heavy atom. The molecular formula is C10H16BrN3O. The van der Waals surface area contributed by atoms with Gasteiger partial charge in [-0.15, -0.1) is 0 Å². The molecule has 3 N–H and O–H groups in total. The number of nitrogens with one attached hydrogen (secondary N) is 1. The molecule has 0 aliphatic heterocycles.